The molecular formula is C15H14ClN3S. The number of aryl methyl sites for hydroxylation is 1. The van der Waals surface area contributed by atoms with Crippen LogP contribution >= 0.6 is 22.9 Å². The molecule has 3 N–H and O–H groups in total. The number of nitrogens with zero attached hydrogens (tertiary/aromatic N) is 1. The number of hydrogen-bond acceptors (Lipinski definition) is 4. The summed E-state index contributed by atoms with van der Waals surface area (Å²) in [5, 5.41) is 1.10. The van der Waals surface area contributed by atoms with Gasteiger partial charge in [0.15, 0.2) is 0 Å². The molecule has 3 nitrogen and oxygen atoms in total. The van der Waals surface area contributed by atoms with Crippen LogP contribution in [0.15, 0.2) is 42.5 Å². The summed E-state index contributed by atoms with van der Waals surface area (Å²) in [4.78, 5) is 5.65. The van der Waals surface area contributed by atoms with Gasteiger partial charge in [-0.15, -0.1) is 11.3 Å². The molecule has 20 heavy (non-hydrogen) atoms. The summed E-state index contributed by atoms with van der Waals surface area (Å²) in [6, 6.07) is 14.0. The number of aromatic nitrogens is 1. The Bertz CT molecular complexity index is 754. The van der Waals surface area contributed by atoms with Gasteiger partial charge in [0, 0.05) is 16.0 Å². The lowest BCUT2D eigenvalue weighted by molar-refractivity contribution is 0.649. The van der Waals surface area contributed by atoms with Crippen molar-refractivity contribution < 1.29 is 0 Å². The number of thiophene rings is 1. The zero-order valence-corrected chi connectivity index (χ0v) is 12.5. The number of hydrazine groups is 1. The number of hydrogen-bond donors (Lipinski definition) is 2. The smallest absolute Gasteiger partial charge is 0.0931 e. The maximum Gasteiger partial charge on any atom is 0.0931 e. The average molecular weight is 304 g/mol. The van der Waals surface area contributed by atoms with Crippen LogP contribution in [0.25, 0.3) is 10.9 Å². The molecule has 2 heterocycles. The van der Waals surface area contributed by atoms with Gasteiger partial charge in [0.25, 0.3) is 0 Å². The minimum atomic E-state index is -0.0842. The predicted octanol–water partition coefficient (Wildman–Crippen LogP) is 3.81. The molecule has 1 aromatic carbocycles. The number of halogens is 1. The Morgan fingerprint density at radius 3 is 2.75 bits per heavy atom. The van der Waals surface area contributed by atoms with Crippen LogP contribution in [-0.2, 0) is 0 Å². The lowest BCUT2D eigenvalue weighted by Crippen LogP contribution is -2.28. The first-order valence-corrected chi connectivity index (χ1v) is 7.46. The fourth-order valence-electron chi connectivity index (χ4n) is 2.39. The van der Waals surface area contributed by atoms with Crippen molar-refractivity contribution in [1.82, 2.24) is 10.4 Å². The number of nitrogens with two attached hydrogens (primary N) is 1. The average Bonchev–Trinajstić information content (AvgIpc) is 2.86. The maximum atomic E-state index is 6.04. The number of benzene rings is 1. The fraction of sp³-hybridized carbons (Fsp3) is 0.133. The van der Waals surface area contributed by atoms with Crippen LogP contribution in [0.3, 0.4) is 0 Å². The van der Waals surface area contributed by atoms with E-state index in [2.05, 4.69) is 22.5 Å². The Balaban J connectivity index is 2.21. The van der Waals surface area contributed by atoms with E-state index in [1.807, 2.05) is 37.3 Å². The summed E-state index contributed by atoms with van der Waals surface area (Å²) in [6.07, 6.45) is 0. The highest BCUT2D eigenvalue weighted by molar-refractivity contribution is 7.16. The number of rotatable bonds is 3. The van der Waals surface area contributed by atoms with Gasteiger partial charge < -0.3 is 0 Å². The third-order valence-corrected chi connectivity index (χ3v) is 4.53. The van der Waals surface area contributed by atoms with Crippen LogP contribution in [0.5, 0.6) is 0 Å². The van der Waals surface area contributed by atoms with Crippen molar-refractivity contribution in [2.45, 2.75) is 13.0 Å². The van der Waals surface area contributed by atoms with Crippen molar-refractivity contribution in [3.63, 3.8) is 0 Å². The summed E-state index contributed by atoms with van der Waals surface area (Å²) in [5.74, 6) is 5.78. The van der Waals surface area contributed by atoms with Gasteiger partial charge >= 0.3 is 0 Å². The summed E-state index contributed by atoms with van der Waals surface area (Å²) in [7, 11) is 0. The number of pyridine rings is 1. The predicted molar refractivity (Wildman–Crippen MR) is 85.0 cm³/mol. The summed E-state index contributed by atoms with van der Waals surface area (Å²) in [6.45, 7) is 1.99. The summed E-state index contributed by atoms with van der Waals surface area (Å²) in [5.41, 5.74) is 5.96. The van der Waals surface area contributed by atoms with E-state index in [0.29, 0.717) is 0 Å². The van der Waals surface area contributed by atoms with E-state index < -0.39 is 0 Å². The van der Waals surface area contributed by atoms with E-state index in [1.165, 1.54) is 11.3 Å². The van der Waals surface area contributed by atoms with Gasteiger partial charge in [-0.05, 0) is 36.8 Å². The largest absolute Gasteiger partial charge is 0.271 e. The van der Waals surface area contributed by atoms with E-state index in [0.717, 1.165) is 31.4 Å². The topological polar surface area (TPSA) is 50.9 Å². The maximum absolute atomic E-state index is 6.04. The minimum Gasteiger partial charge on any atom is -0.271 e. The lowest BCUT2D eigenvalue weighted by Gasteiger charge is -2.17. The lowest BCUT2D eigenvalue weighted by atomic mass is 10.00. The summed E-state index contributed by atoms with van der Waals surface area (Å²) >= 11 is 7.57. The first-order valence-electron chi connectivity index (χ1n) is 6.26. The van der Waals surface area contributed by atoms with Gasteiger partial charge in [0.1, 0.15) is 0 Å². The quantitative estimate of drug-likeness (QED) is 0.571. The van der Waals surface area contributed by atoms with Gasteiger partial charge in [-0.3, -0.25) is 10.8 Å². The van der Waals surface area contributed by atoms with Crippen molar-refractivity contribution in [3.8, 4) is 0 Å². The van der Waals surface area contributed by atoms with Crippen LogP contribution < -0.4 is 11.3 Å². The number of fused-ring (bicyclic) bond motifs is 1. The normalized spacial score (nSPS) is 12.8. The molecule has 0 aliphatic carbocycles. The first kappa shape index (κ1) is 13.5. The zero-order chi connectivity index (χ0) is 14.1. The van der Waals surface area contributed by atoms with Crippen LogP contribution in [0.1, 0.15) is 22.2 Å². The molecule has 102 valence electrons. The Kier molecular flexibility index (Phi) is 3.72. The molecule has 3 aromatic rings. The number of nitrogens with one attached hydrogen (secondary N) is 1. The molecule has 0 amide bonds. The molecule has 0 saturated heterocycles. The molecular weight excluding hydrogens is 290 g/mol. The highest BCUT2D eigenvalue weighted by Gasteiger charge is 2.18. The molecule has 1 unspecified atom stereocenters. The molecule has 0 spiro atoms. The molecule has 0 bridgehead atoms. The van der Waals surface area contributed by atoms with Crippen LogP contribution in [0, 0.1) is 6.92 Å². The molecule has 0 aliphatic heterocycles. The van der Waals surface area contributed by atoms with Crippen molar-refractivity contribution >= 4 is 33.8 Å². The third kappa shape index (κ3) is 2.43. The van der Waals surface area contributed by atoms with Crippen LogP contribution in [0.4, 0.5) is 0 Å². The molecule has 0 aliphatic rings. The highest BCUT2D eigenvalue weighted by Crippen LogP contribution is 2.33. The van der Waals surface area contributed by atoms with Gasteiger partial charge in [-0.2, -0.15) is 0 Å². The fourth-order valence-corrected chi connectivity index (χ4v) is 3.53. The van der Waals surface area contributed by atoms with Crippen molar-refractivity contribution in [2.75, 3.05) is 0 Å². The zero-order valence-electron chi connectivity index (χ0n) is 10.9. The Morgan fingerprint density at radius 1 is 1.25 bits per heavy atom. The molecule has 0 fully saturated rings. The molecule has 1 atom stereocenters. The van der Waals surface area contributed by atoms with Gasteiger partial charge in [-0.1, -0.05) is 29.8 Å². The molecule has 2 aromatic heterocycles. The summed E-state index contributed by atoms with van der Waals surface area (Å²) < 4.78 is 0.760. The molecule has 0 radical (unpaired) electrons. The third-order valence-electron chi connectivity index (χ3n) is 3.23. The van der Waals surface area contributed by atoms with E-state index >= 15 is 0 Å². The molecule has 0 saturated carbocycles. The molecule has 5 heteroatoms. The van der Waals surface area contributed by atoms with Crippen LogP contribution in [0.2, 0.25) is 4.34 Å². The Morgan fingerprint density at radius 2 is 2.05 bits per heavy atom. The van der Waals surface area contributed by atoms with Crippen molar-refractivity contribution in [3.05, 3.63) is 62.9 Å². The van der Waals surface area contributed by atoms with Crippen molar-refractivity contribution in [2.24, 2.45) is 5.84 Å². The highest BCUT2D eigenvalue weighted by atomic mass is 35.5. The van der Waals surface area contributed by atoms with Crippen LogP contribution in [-0.4, -0.2) is 4.98 Å². The second kappa shape index (κ2) is 5.50. The number of para-hydroxylation sites is 1. The van der Waals surface area contributed by atoms with E-state index in [4.69, 9.17) is 17.4 Å². The van der Waals surface area contributed by atoms with Crippen molar-refractivity contribution in [1.29, 1.82) is 0 Å². The van der Waals surface area contributed by atoms with E-state index in [9.17, 15) is 0 Å². The monoisotopic (exact) mass is 303 g/mol. The van der Waals surface area contributed by atoms with Gasteiger partial charge in [0.05, 0.1) is 15.9 Å². The van der Waals surface area contributed by atoms with Gasteiger partial charge in [-0.25, -0.2) is 5.43 Å². The Labute approximate surface area is 126 Å². The first-order chi connectivity index (χ1) is 9.69. The minimum absolute atomic E-state index is 0.0842. The van der Waals surface area contributed by atoms with Gasteiger partial charge in [0.2, 0.25) is 0 Å². The Hall–Kier alpha value is -1.46. The second-order valence-electron chi connectivity index (χ2n) is 4.61. The molecule has 3 rings (SSSR count). The second-order valence-corrected chi connectivity index (χ2v) is 6.36. The van der Waals surface area contributed by atoms with E-state index in [-0.39, 0.29) is 6.04 Å². The SMILES string of the molecule is Cc1cc(C(NN)c2ccc(Cl)s2)c2ccccc2n1. The standard InChI is InChI=1S/C15H14ClN3S/c1-9-8-11(10-4-2-3-5-12(10)18-9)15(19-17)13-6-7-14(16)20-13/h2-8,15,19H,17H2,1H3. The van der Waals surface area contributed by atoms with E-state index in [1.54, 1.807) is 0 Å².